The monoisotopic (exact) mass is 359 g/mol. The zero-order chi connectivity index (χ0) is 18.3. The highest BCUT2D eigenvalue weighted by atomic mass is 16.5. The molecule has 0 radical (unpaired) electrons. The number of likely N-dealkylation sites (tertiary alicyclic amines) is 1. The molecule has 3 fully saturated rings. The number of carbonyl (C=O) groups is 1. The van der Waals surface area contributed by atoms with Crippen LogP contribution >= 0.6 is 0 Å². The van der Waals surface area contributed by atoms with Crippen molar-refractivity contribution in [3.05, 3.63) is 6.07 Å². The van der Waals surface area contributed by atoms with Crippen LogP contribution in [0.15, 0.2) is 6.07 Å². The van der Waals surface area contributed by atoms with Gasteiger partial charge in [-0.15, -0.1) is 0 Å². The lowest BCUT2D eigenvalue weighted by Gasteiger charge is -2.48. The van der Waals surface area contributed by atoms with E-state index in [1.54, 1.807) is 0 Å². The molecule has 1 spiro atoms. The maximum Gasteiger partial charge on any atom is 0.225 e. The summed E-state index contributed by atoms with van der Waals surface area (Å²) in [6.07, 6.45) is 6.32. The van der Waals surface area contributed by atoms with Crippen molar-refractivity contribution < 1.29 is 9.53 Å². The zero-order valence-corrected chi connectivity index (χ0v) is 15.8. The predicted molar refractivity (Wildman–Crippen MR) is 100 cm³/mol. The molecule has 2 saturated heterocycles. The normalized spacial score (nSPS) is 26.7. The minimum Gasteiger partial charge on any atom is -0.475 e. The molecular formula is C19H29N5O2. The minimum atomic E-state index is 0.0429. The van der Waals surface area contributed by atoms with Crippen molar-refractivity contribution in [3.63, 3.8) is 0 Å². The van der Waals surface area contributed by atoms with Gasteiger partial charge in [0.2, 0.25) is 17.7 Å². The molecule has 2 aliphatic heterocycles. The lowest BCUT2D eigenvalue weighted by atomic mass is 9.73. The second-order valence-electron chi connectivity index (χ2n) is 8.37. The number of nitrogens with two attached hydrogens (primary N) is 1. The smallest absolute Gasteiger partial charge is 0.225 e. The van der Waals surface area contributed by atoms with Gasteiger partial charge in [-0.1, -0.05) is 0 Å². The molecule has 1 aliphatic carbocycles. The van der Waals surface area contributed by atoms with Crippen molar-refractivity contribution >= 4 is 17.7 Å². The van der Waals surface area contributed by atoms with Crippen molar-refractivity contribution in [2.24, 2.45) is 5.41 Å². The van der Waals surface area contributed by atoms with Crippen LogP contribution in [0.4, 0.5) is 11.8 Å². The maximum absolute atomic E-state index is 12.3. The molecule has 1 atom stereocenters. The van der Waals surface area contributed by atoms with E-state index in [9.17, 15) is 4.79 Å². The molecule has 26 heavy (non-hydrogen) atoms. The molecular weight excluding hydrogens is 330 g/mol. The van der Waals surface area contributed by atoms with Gasteiger partial charge in [0.15, 0.2) is 0 Å². The van der Waals surface area contributed by atoms with E-state index in [-0.39, 0.29) is 17.5 Å². The van der Waals surface area contributed by atoms with Crippen molar-refractivity contribution in [2.75, 3.05) is 30.3 Å². The Labute approximate surface area is 154 Å². The summed E-state index contributed by atoms with van der Waals surface area (Å²) in [6.45, 7) is 6.71. The van der Waals surface area contributed by atoms with Gasteiger partial charge in [0.25, 0.3) is 0 Å². The zero-order valence-electron chi connectivity index (χ0n) is 15.8. The lowest BCUT2D eigenvalue weighted by molar-refractivity contribution is -0.138. The summed E-state index contributed by atoms with van der Waals surface area (Å²) >= 11 is 0. The number of hydrogen-bond acceptors (Lipinski definition) is 6. The fourth-order valence-electron chi connectivity index (χ4n) is 4.39. The van der Waals surface area contributed by atoms with E-state index in [0.29, 0.717) is 24.2 Å². The van der Waals surface area contributed by atoms with Crippen molar-refractivity contribution in [1.82, 2.24) is 14.9 Å². The van der Waals surface area contributed by atoms with Gasteiger partial charge in [0.05, 0.1) is 6.10 Å². The van der Waals surface area contributed by atoms with E-state index in [1.807, 2.05) is 19.9 Å². The van der Waals surface area contributed by atoms with Crippen LogP contribution in [0.3, 0.4) is 0 Å². The third-order valence-corrected chi connectivity index (χ3v) is 5.73. The first-order valence-electron chi connectivity index (χ1n) is 9.80. The van der Waals surface area contributed by atoms with Gasteiger partial charge in [0, 0.05) is 43.6 Å². The van der Waals surface area contributed by atoms with Gasteiger partial charge in [-0.05, 0) is 46.0 Å². The SMILES string of the molecule is CC(C)Oc1cc(N2CCC[C@]3(CCC(=O)N(C4CC4)C3)C2)nc(N)n1. The average Bonchev–Trinajstić information content (AvgIpc) is 3.41. The standard InChI is InChI=1S/C19H29N5O2/c1-13(2)26-16-10-15(21-18(20)22-16)23-9-3-7-19(11-23)8-6-17(25)24(12-19)14-4-5-14/h10,13-14H,3-9,11-12H2,1-2H3,(H2,20,21,22)/t19-/m0/s1. The number of rotatable bonds is 4. The largest absolute Gasteiger partial charge is 0.475 e. The summed E-state index contributed by atoms with van der Waals surface area (Å²) in [5.74, 6) is 1.95. The quantitative estimate of drug-likeness (QED) is 0.887. The molecule has 7 heteroatoms. The van der Waals surface area contributed by atoms with Gasteiger partial charge in [0.1, 0.15) is 5.82 Å². The fraction of sp³-hybridized carbons (Fsp3) is 0.737. The molecule has 0 bridgehead atoms. The van der Waals surface area contributed by atoms with Crippen LogP contribution < -0.4 is 15.4 Å². The van der Waals surface area contributed by atoms with Gasteiger partial charge in [-0.25, -0.2) is 0 Å². The van der Waals surface area contributed by atoms with Crippen LogP contribution in [-0.4, -0.2) is 52.6 Å². The maximum atomic E-state index is 12.3. The molecule has 3 aliphatic rings. The van der Waals surface area contributed by atoms with Crippen LogP contribution in [-0.2, 0) is 4.79 Å². The van der Waals surface area contributed by atoms with Gasteiger partial charge < -0.3 is 20.3 Å². The second-order valence-corrected chi connectivity index (χ2v) is 8.37. The summed E-state index contributed by atoms with van der Waals surface area (Å²) in [5.41, 5.74) is 6.09. The molecule has 0 aromatic carbocycles. The van der Waals surface area contributed by atoms with Crippen LogP contribution in [0.1, 0.15) is 52.4 Å². The summed E-state index contributed by atoms with van der Waals surface area (Å²) in [4.78, 5) is 25.4. The first kappa shape index (κ1) is 17.4. The lowest BCUT2D eigenvalue weighted by Crippen LogP contribution is -2.54. The molecule has 1 aromatic heterocycles. The Hall–Kier alpha value is -2.05. The highest BCUT2D eigenvalue weighted by Crippen LogP contribution is 2.43. The predicted octanol–water partition coefficient (Wildman–Crippen LogP) is 2.22. The number of nitrogen functional groups attached to an aromatic ring is 1. The molecule has 0 unspecified atom stereocenters. The Kier molecular flexibility index (Phi) is 4.40. The summed E-state index contributed by atoms with van der Waals surface area (Å²) in [6, 6.07) is 2.39. The molecule has 3 heterocycles. The summed E-state index contributed by atoms with van der Waals surface area (Å²) in [5, 5.41) is 0. The molecule has 2 N–H and O–H groups in total. The highest BCUT2D eigenvalue weighted by molar-refractivity contribution is 5.78. The van der Waals surface area contributed by atoms with E-state index < -0.39 is 0 Å². The third-order valence-electron chi connectivity index (χ3n) is 5.73. The van der Waals surface area contributed by atoms with Crippen molar-refractivity contribution in [2.45, 2.75) is 64.5 Å². The summed E-state index contributed by atoms with van der Waals surface area (Å²) < 4.78 is 5.72. The number of carbonyl (C=O) groups excluding carboxylic acids is 1. The molecule has 1 saturated carbocycles. The van der Waals surface area contributed by atoms with E-state index >= 15 is 0 Å². The third kappa shape index (κ3) is 3.57. The Bertz CT molecular complexity index is 691. The number of anilines is 2. The van der Waals surface area contributed by atoms with Gasteiger partial charge >= 0.3 is 0 Å². The van der Waals surface area contributed by atoms with Crippen LogP contribution in [0, 0.1) is 5.41 Å². The number of hydrogen-bond donors (Lipinski definition) is 1. The Morgan fingerprint density at radius 3 is 2.81 bits per heavy atom. The first-order chi connectivity index (χ1) is 12.4. The summed E-state index contributed by atoms with van der Waals surface area (Å²) in [7, 11) is 0. The van der Waals surface area contributed by atoms with Crippen molar-refractivity contribution in [3.8, 4) is 5.88 Å². The molecule has 1 amide bonds. The molecule has 4 rings (SSSR count). The Balaban J connectivity index is 1.53. The minimum absolute atomic E-state index is 0.0429. The van der Waals surface area contributed by atoms with Crippen LogP contribution in [0.25, 0.3) is 0 Å². The van der Waals surface area contributed by atoms with E-state index in [2.05, 4.69) is 19.8 Å². The van der Waals surface area contributed by atoms with E-state index in [0.717, 1.165) is 38.3 Å². The van der Waals surface area contributed by atoms with Crippen LogP contribution in [0.2, 0.25) is 0 Å². The van der Waals surface area contributed by atoms with E-state index in [1.165, 1.54) is 19.3 Å². The van der Waals surface area contributed by atoms with Gasteiger partial charge in [-0.2, -0.15) is 9.97 Å². The number of piperidine rings is 2. The molecule has 1 aromatic rings. The van der Waals surface area contributed by atoms with Crippen molar-refractivity contribution in [1.29, 1.82) is 0 Å². The fourth-order valence-corrected chi connectivity index (χ4v) is 4.39. The number of ether oxygens (including phenoxy) is 1. The van der Waals surface area contributed by atoms with E-state index in [4.69, 9.17) is 10.5 Å². The van der Waals surface area contributed by atoms with Crippen LogP contribution in [0.5, 0.6) is 5.88 Å². The topological polar surface area (TPSA) is 84.6 Å². The number of aromatic nitrogens is 2. The molecule has 7 nitrogen and oxygen atoms in total. The highest BCUT2D eigenvalue weighted by Gasteiger charge is 2.45. The average molecular weight is 359 g/mol. The number of nitrogens with zero attached hydrogens (tertiary/aromatic N) is 4. The second kappa shape index (κ2) is 6.59. The Morgan fingerprint density at radius 1 is 1.27 bits per heavy atom. The number of amides is 1. The van der Waals surface area contributed by atoms with Gasteiger partial charge in [-0.3, -0.25) is 4.79 Å². The Morgan fingerprint density at radius 2 is 2.08 bits per heavy atom. The molecule has 142 valence electrons. The first-order valence-corrected chi connectivity index (χ1v) is 9.80.